The van der Waals surface area contributed by atoms with Gasteiger partial charge in [-0.15, -0.1) is 0 Å². The molecule has 70 valence electrons. The number of hydrogen-bond acceptors (Lipinski definition) is 3. The van der Waals surface area contributed by atoms with Crippen molar-refractivity contribution in [3.63, 3.8) is 0 Å². The highest BCUT2D eigenvalue weighted by atomic mass is 79.9. The van der Waals surface area contributed by atoms with Gasteiger partial charge in [0.15, 0.2) is 5.75 Å². The molecule has 5 heteroatoms. The Labute approximate surface area is 83.7 Å². The van der Waals surface area contributed by atoms with Crippen LogP contribution in [0.15, 0.2) is 16.6 Å². The van der Waals surface area contributed by atoms with E-state index in [2.05, 4.69) is 15.9 Å². The van der Waals surface area contributed by atoms with Gasteiger partial charge in [-0.3, -0.25) is 4.79 Å². The maximum atomic E-state index is 10.6. The summed E-state index contributed by atoms with van der Waals surface area (Å²) in [5, 5.41) is 9.38. The molecule has 1 aromatic rings. The fraction of sp³-hybridized carbons (Fsp3) is 0.125. The van der Waals surface area contributed by atoms with E-state index in [0.29, 0.717) is 10.0 Å². The third kappa shape index (κ3) is 2.12. The van der Waals surface area contributed by atoms with Crippen LogP contribution in [0.25, 0.3) is 0 Å². The first-order valence-electron chi connectivity index (χ1n) is 3.56. The zero-order valence-corrected chi connectivity index (χ0v) is 8.34. The average molecular weight is 245 g/mol. The monoisotopic (exact) mass is 244 g/mol. The Balaban J connectivity index is 3.10. The minimum atomic E-state index is -0.478. The number of carbonyl (C=O) groups is 1. The number of anilines is 1. The van der Waals surface area contributed by atoms with Crippen molar-refractivity contribution < 1.29 is 9.90 Å². The van der Waals surface area contributed by atoms with Crippen molar-refractivity contribution in [2.45, 2.75) is 6.42 Å². The van der Waals surface area contributed by atoms with E-state index in [-0.39, 0.29) is 17.9 Å². The summed E-state index contributed by atoms with van der Waals surface area (Å²) >= 11 is 3.10. The van der Waals surface area contributed by atoms with E-state index in [1.807, 2.05) is 0 Å². The fourth-order valence-corrected chi connectivity index (χ4v) is 1.31. The second-order valence-corrected chi connectivity index (χ2v) is 3.47. The molecule has 5 N–H and O–H groups in total. The number of hydrogen-bond donors (Lipinski definition) is 3. The predicted molar refractivity (Wildman–Crippen MR) is 53.1 cm³/mol. The van der Waals surface area contributed by atoms with Gasteiger partial charge in [-0.25, -0.2) is 0 Å². The largest absolute Gasteiger partial charge is 0.505 e. The third-order valence-electron chi connectivity index (χ3n) is 1.62. The summed E-state index contributed by atoms with van der Waals surface area (Å²) in [6.07, 6.45) is 0.0344. The molecule has 1 rings (SSSR count). The van der Waals surface area contributed by atoms with E-state index < -0.39 is 5.91 Å². The van der Waals surface area contributed by atoms with Crippen LogP contribution in [0, 0.1) is 0 Å². The minimum absolute atomic E-state index is 0.0344. The van der Waals surface area contributed by atoms with Crippen molar-refractivity contribution in [1.29, 1.82) is 0 Å². The van der Waals surface area contributed by atoms with Crippen LogP contribution in [0.5, 0.6) is 5.75 Å². The molecule has 0 fully saturated rings. The lowest BCUT2D eigenvalue weighted by atomic mass is 10.1. The number of benzene rings is 1. The summed E-state index contributed by atoms with van der Waals surface area (Å²) in [5.74, 6) is -0.535. The quantitative estimate of drug-likeness (QED) is 0.530. The summed E-state index contributed by atoms with van der Waals surface area (Å²) < 4.78 is 0.498. The van der Waals surface area contributed by atoms with Crippen LogP contribution in [0.2, 0.25) is 0 Å². The molecule has 0 saturated carbocycles. The Morgan fingerprint density at radius 1 is 1.54 bits per heavy atom. The zero-order valence-electron chi connectivity index (χ0n) is 6.75. The van der Waals surface area contributed by atoms with Gasteiger partial charge in [0.2, 0.25) is 5.91 Å². The Morgan fingerprint density at radius 3 is 2.69 bits per heavy atom. The van der Waals surface area contributed by atoms with E-state index in [0.717, 1.165) is 0 Å². The van der Waals surface area contributed by atoms with Crippen molar-refractivity contribution in [3.05, 3.63) is 22.2 Å². The number of nitrogens with two attached hydrogens (primary N) is 2. The van der Waals surface area contributed by atoms with Gasteiger partial charge in [-0.1, -0.05) is 6.07 Å². The molecule has 0 aliphatic carbocycles. The molecule has 4 nitrogen and oxygen atoms in total. The van der Waals surface area contributed by atoms with Gasteiger partial charge in [0.25, 0.3) is 0 Å². The van der Waals surface area contributed by atoms with E-state index in [9.17, 15) is 9.90 Å². The number of amides is 1. The van der Waals surface area contributed by atoms with E-state index in [4.69, 9.17) is 11.5 Å². The summed E-state index contributed by atoms with van der Waals surface area (Å²) in [5.41, 5.74) is 11.3. The van der Waals surface area contributed by atoms with E-state index in [1.165, 1.54) is 0 Å². The normalized spacial score (nSPS) is 9.92. The van der Waals surface area contributed by atoms with Crippen LogP contribution in [0.4, 0.5) is 5.69 Å². The zero-order chi connectivity index (χ0) is 10.0. The maximum absolute atomic E-state index is 10.6. The second-order valence-electron chi connectivity index (χ2n) is 2.61. The molecule has 0 unspecified atom stereocenters. The molecule has 1 amide bonds. The summed E-state index contributed by atoms with van der Waals surface area (Å²) in [7, 11) is 0. The molecule has 0 aliphatic rings. The van der Waals surface area contributed by atoms with Crippen LogP contribution in [0.3, 0.4) is 0 Å². The average Bonchev–Trinajstić information content (AvgIpc) is 2.06. The first-order chi connectivity index (χ1) is 6.02. The van der Waals surface area contributed by atoms with Gasteiger partial charge < -0.3 is 16.6 Å². The number of carbonyl (C=O) groups excluding carboxylic acids is 1. The van der Waals surface area contributed by atoms with E-state index in [1.54, 1.807) is 12.1 Å². The molecule has 0 heterocycles. The number of aromatic hydroxyl groups is 1. The standard InChI is InChI=1S/C8H9BrN2O2/c9-5-2-1-4(3-6(10)12)7(11)8(5)13/h1-2,13H,3,11H2,(H2,10,12). The number of phenols is 1. The molecule has 0 aromatic heterocycles. The lowest BCUT2D eigenvalue weighted by Crippen LogP contribution is -2.14. The van der Waals surface area contributed by atoms with Crippen LogP contribution >= 0.6 is 15.9 Å². The van der Waals surface area contributed by atoms with Crippen LogP contribution in [-0.4, -0.2) is 11.0 Å². The lowest BCUT2D eigenvalue weighted by molar-refractivity contribution is -0.117. The molecule has 0 aliphatic heterocycles. The molecule has 0 bridgehead atoms. The van der Waals surface area contributed by atoms with Crippen LogP contribution in [-0.2, 0) is 11.2 Å². The van der Waals surface area contributed by atoms with Crippen molar-refractivity contribution in [2.24, 2.45) is 5.73 Å². The van der Waals surface area contributed by atoms with E-state index >= 15 is 0 Å². The molecule has 0 saturated heterocycles. The van der Waals surface area contributed by atoms with Gasteiger partial charge in [0.05, 0.1) is 16.6 Å². The molecule has 13 heavy (non-hydrogen) atoms. The summed E-state index contributed by atoms with van der Waals surface area (Å²) in [6, 6.07) is 3.26. The number of halogens is 1. The Bertz CT molecular complexity index is 352. The number of rotatable bonds is 2. The van der Waals surface area contributed by atoms with Crippen molar-refractivity contribution in [3.8, 4) is 5.75 Å². The van der Waals surface area contributed by atoms with Crippen LogP contribution < -0.4 is 11.5 Å². The minimum Gasteiger partial charge on any atom is -0.505 e. The highest BCUT2D eigenvalue weighted by molar-refractivity contribution is 9.10. The number of primary amides is 1. The van der Waals surface area contributed by atoms with Gasteiger partial charge in [-0.05, 0) is 27.6 Å². The molecular formula is C8H9BrN2O2. The van der Waals surface area contributed by atoms with Gasteiger partial charge >= 0.3 is 0 Å². The van der Waals surface area contributed by atoms with Crippen molar-refractivity contribution >= 4 is 27.5 Å². The van der Waals surface area contributed by atoms with Gasteiger partial charge in [-0.2, -0.15) is 0 Å². The van der Waals surface area contributed by atoms with Crippen molar-refractivity contribution in [1.82, 2.24) is 0 Å². The first-order valence-corrected chi connectivity index (χ1v) is 4.35. The Morgan fingerprint density at radius 2 is 2.15 bits per heavy atom. The van der Waals surface area contributed by atoms with Crippen LogP contribution in [0.1, 0.15) is 5.56 Å². The van der Waals surface area contributed by atoms with Gasteiger partial charge in [0.1, 0.15) is 0 Å². The Kier molecular flexibility index (Phi) is 2.77. The summed E-state index contributed by atoms with van der Waals surface area (Å²) in [6.45, 7) is 0. The smallest absolute Gasteiger partial charge is 0.221 e. The van der Waals surface area contributed by atoms with Gasteiger partial charge in [0, 0.05) is 0 Å². The first kappa shape index (κ1) is 9.85. The molecule has 0 spiro atoms. The fourth-order valence-electron chi connectivity index (χ4n) is 0.965. The topological polar surface area (TPSA) is 89.3 Å². The Hall–Kier alpha value is -1.23. The SMILES string of the molecule is NC(=O)Cc1ccc(Br)c(O)c1N. The van der Waals surface area contributed by atoms with Crippen molar-refractivity contribution in [2.75, 3.05) is 5.73 Å². The molecule has 0 radical (unpaired) electrons. The predicted octanol–water partition coefficient (Wildman–Crippen LogP) is 0.765. The highest BCUT2D eigenvalue weighted by Gasteiger charge is 2.09. The molecular weight excluding hydrogens is 236 g/mol. The molecule has 0 atom stereocenters. The summed E-state index contributed by atoms with van der Waals surface area (Å²) in [4.78, 5) is 10.6. The second kappa shape index (κ2) is 3.66. The lowest BCUT2D eigenvalue weighted by Gasteiger charge is -2.06. The maximum Gasteiger partial charge on any atom is 0.221 e. The number of phenolic OH excluding ortho intramolecular Hbond substituents is 1. The highest BCUT2D eigenvalue weighted by Crippen LogP contribution is 2.32. The third-order valence-corrected chi connectivity index (χ3v) is 2.26. The number of nitrogen functional groups attached to an aromatic ring is 1. The molecule has 1 aromatic carbocycles.